The summed E-state index contributed by atoms with van der Waals surface area (Å²) in [5, 5.41) is 3.52. The van der Waals surface area contributed by atoms with E-state index in [-0.39, 0.29) is 35.9 Å². The first kappa shape index (κ1) is 23.5. The van der Waals surface area contributed by atoms with E-state index in [2.05, 4.69) is 27.0 Å². The van der Waals surface area contributed by atoms with E-state index in [4.69, 9.17) is 4.74 Å². The fourth-order valence-electron chi connectivity index (χ4n) is 3.87. The lowest BCUT2D eigenvalue weighted by Gasteiger charge is -2.35. The van der Waals surface area contributed by atoms with E-state index in [1.165, 1.54) is 32.4 Å². The first-order valence-corrected chi connectivity index (χ1v) is 9.98. The molecule has 2 heterocycles. The number of nitrogens with one attached hydrogen (secondary N) is 1. The molecule has 0 aromatic carbocycles. The van der Waals surface area contributed by atoms with E-state index in [1.807, 2.05) is 14.0 Å². The standard InChI is InChI=1S/C19H36N4O2.HI/c1-4-25-18(24)17-9-8-12-23(15-17)19(20-3)21-13-16(2)14-22-10-6-5-7-11-22;/h16-17H,4-15H2,1-3H3,(H,20,21);1H. The number of hydrogen-bond acceptors (Lipinski definition) is 4. The average molecular weight is 480 g/mol. The van der Waals surface area contributed by atoms with Crippen molar-refractivity contribution in [1.29, 1.82) is 0 Å². The van der Waals surface area contributed by atoms with Crippen LogP contribution in [-0.2, 0) is 9.53 Å². The molecule has 6 nitrogen and oxygen atoms in total. The van der Waals surface area contributed by atoms with Crippen molar-refractivity contribution in [3.8, 4) is 0 Å². The minimum Gasteiger partial charge on any atom is -0.466 e. The quantitative estimate of drug-likeness (QED) is 0.274. The van der Waals surface area contributed by atoms with Gasteiger partial charge < -0.3 is 19.9 Å². The third-order valence-corrected chi connectivity index (χ3v) is 5.18. The summed E-state index contributed by atoms with van der Waals surface area (Å²) in [6, 6.07) is 0. The summed E-state index contributed by atoms with van der Waals surface area (Å²) < 4.78 is 5.19. The van der Waals surface area contributed by atoms with Crippen LogP contribution in [0.25, 0.3) is 0 Å². The molecule has 0 aromatic rings. The smallest absolute Gasteiger partial charge is 0.310 e. The molecule has 2 atom stereocenters. The van der Waals surface area contributed by atoms with Gasteiger partial charge in [0.1, 0.15) is 0 Å². The zero-order valence-electron chi connectivity index (χ0n) is 16.7. The Morgan fingerprint density at radius 2 is 1.96 bits per heavy atom. The van der Waals surface area contributed by atoms with Crippen LogP contribution < -0.4 is 5.32 Å². The van der Waals surface area contributed by atoms with Crippen LogP contribution in [-0.4, -0.2) is 74.7 Å². The molecule has 1 N–H and O–H groups in total. The first-order chi connectivity index (χ1) is 12.1. The number of guanidine groups is 1. The van der Waals surface area contributed by atoms with Crippen molar-refractivity contribution in [3.05, 3.63) is 0 Å². The van der Waals surface area contributed by atoms with E-state index < -0.39 is 0 Å². The van der Waals surface area contributed by atoms with Gasteiger partial charge in [0.15, 0.2) is 5.96 Å². The average Bonchev–Trinajstić information content (AvgIpc) is 2.63. The predicted molar refractivity (Wildman–Crippen MR) is 117 cm³/mol. The summed E-state index contributed by atoms with van der Waals surface area (Å²) in [7, 11) is 1.83. The predicted octanol–water partition coefficient (Wildman–Crippen LogP) is 2.58. The normalized spacial score (nSPS) is 23.1. The Kier molecular flexibility index (Phi) is 11.5. The Morgan fingerprint density at radius 3 is 2.62 bits per heavy atom. The molecule has 0 spiro atoms. The molecule has 2 fully saturated rings. The fraction of sp³-hybridized carbons (Fsp3) is 0.895. The molecular weight excluding hydrogens is 443 g/mol. The number of nitrogens with zero attached hydrogens (tertiary/aromatic N) is 3. The van der Waals surface area contributed by atoms with Crippen LogP contribution >= 0.6 is 24.0 Å². The molecule has 0 radical (unpaired) electrons. The maximum absolute atomic E-state index is 12.0. The van der Waals surface area contributed by atoms with Crippen molar-refractivity contribution >= 4 is 35.9 Å². The SMILES string of the molecule is CCOC(=O)C1CCCN(C(=NC)NCC(C)CN2CCCCC2)C1.I. The maximum Gasteiger partial charge on any atom is 0.310 e. The number of carbonyl (C=O) groups is 1. The van der Waals surface area contributed by atoms with Crippen molar-refractivity contribution in [2.75, 3.05) is 52.9 Å². The lowest BCUT2D eigenvalue weighted by molar-refractivity contribution is -0.149. The largest absolute Gasteiger partial charge is 0.466 e. The van der Waals surface area contributed by atoms with Crippen molar-refractivity contribution in [3.63, 3.8) is 0 Å². The van der Waals surface area contributed by atoms with Crippen LogP contribution in [0.4, 0.5) is 0 Å². The molecular formula is C19H37IN4O2. The summed E-state index contributed by atoms with van der Waals surface area (Å²) in [5.41, 5.74) is 0. The second-order valence-corrected chi connectivity index (χ2v) is 7.43. The Hall–Kier alpha value is -0.570. The van der Waals surface area contributed by atoms with E-state index in [0.29, 0.717) is 19.1 Å². The van der Waals surface area contributed by atoms with Crippen LogP contribution in [0.1, 0.15) is 46.0 Å². The molecule has 0 aliphatic carbocycles. The van der Waals surface area contributed by atoms with E-state index >= 15 is 0 Å². The molecule has 152 valence electrons. The van der Waals surface area contributed by atoms with Gasteiger partial charge in [0.2, 0.25) is 0 Å². The molecule has 0 aromatic heterocycles. The van der Waals surface area contributed by atoms with Crippen molar-refractivity contribution in [2.45, 2.75) is 46.0 Å². The number of likely N-dealkylation sites (tertiary alicyclic amines) is 2. The molecule has 2 aliphatic heterocycles. The van der Waals surface area contributed by atoms with Gasteiger partial charge in [0, 0.05) is 33.2 Å². The maximum atomic E-state index is 12.0. The summed E-state index contributed by atoms with van der Waals surface area (Å²) in [4.78, 5) is 21.3. The number of carbonyl (C=O) groups excluding carboxylic acids is 1. The van der Waals surface area contributed by atoms with Gasteiger partial charge in [-0.3, -0.25) is 9.79 Å². The first-order valence-electron chi connectivity index (χ1n) is 9.98. The van der Waals surface area contributed by atoms with Crippen molar-refractivity contribution in [1.82, 2.24) is 15.1 Å². The zero-order valence-corrected chi connectivity index (χ0v) is 19.0. The number of aliphatic imine (C=N–C) groups is 1. The topological polar surface area (TPSA) is 57.2 Å². The second kappa shape index (κ2) is 12.8. The lowest BCUT2D eigenvalue weighted by Crippen LogP contribution is -2.49. The summed E-state index contributed by atoms with van der Waals surface area (Å²) >= 11 is 0. The highest BCUT2D eigenvalue weighted by Gasteiger charge is 2.28. The lowest BCUT2D eigenvalue weighted by atomic mass is 9.98. The van der Waals surface area contributed by atoms with Gasteiger partial charge in [0.25, 0.3) is 0 Å². The van der Waals surface area contributed by atoms with Crippen LogP contribution in [0.2, 0.25) is 0 Å². The van der Waals surface area contributed by atoms with Gasteiger partial charge in [-0.2, -0.15) is 0 Å². The molecule has 2 saturated heterocycles. The van der Waals surface area contributed by atoms with Gasteiger partial charge in [-0.15, -0.1) is 24.0 Å². The molecule has 2 aliphatic rings. The Morgan fingerprint density at radius 1 is 1.23 bits per heavy atom. The third-order valence-electron chi connectivity index (χ3n) is 5.18. The minimum absolute atomic E-state index is 0. The summed E-state index contributed by atoms with van der Waals surface area (Å²) in [6.45, 7) is 10.8. The number of hydrogen-bond donors (Lipinski definition) is 1. The number of ether oxygens (including phenoxy) is 1. The van der Waals surface area contributed by atoms with Gasteiger partial charge in [-0.05, 0) is 51.6 Å². The molecule has 7 heteroatoms. The number of halogens is 1. The molecule has 26 heavy (non-hydrogen) atoms. The van der Waals surface area contributed by atoms with Gasteiger partial charge in [-0.25, -0.2) is 0 Å². The Balaban J connectivity index is 0.00000338. The van der Waals surface area contributed by atoms with E-state index in [9.17, 15) is 4.79 Å². The third kappa shape index (κ3) is 7.58. The van der Waals surface area contributed by atoms with Gasteiger partial charge >= 0.3 is 5.97 Å². The van der Waals surface area contributed by atoms with E-state index in [0.717, 1.165) is 38.4 Å². The van der Waals surface area contributed by atoms with E-state index in [1.54, 1.807) is 0 Å². The van der Waals surface area contributed by atoms with Gasteiger partial charge in [0.05, 0.1) is 12.5 Å². The second-order valence-electron chi connectivity index (χ2n) is 7.43. The highest BCUT2D eigenvalue weighted by Crippen LogP contribution is 2.18. The minimum atomic E-state index is -0.0684. The number of esters is 1. The molecule has 0 saturated carbocycles. The highest BCUT2D eigenvalue weighted by molar-refractivity contribution is 14.0. The molecule has 2 unspecified atom stereocenters. The zero-order chi connectivity index (χ0) is 18.1. The molecule has 0 bridgehead atoms. The highest BCUT2D eigenvalue weighted by atomic mass is 127. The number of rotatable bonds is 6. The van der Waals surface area contributed by atoms with Crippen LogP contribution in [0.5, 0.6) is 0 Å². The van der Waals surface area contributed by atoms with Crippen LogP contribution in [0.3, 0.4) is 0 Å². The monoisotopic (exact) mass is 480 g/mol. The summed E-state index contributed by atoms with van der Waals surface area (Å²) in [5.74, 6) is 1.40. The Bertz CT molecular complexity index is 441. The number of piperidine rings is 2. The van der Waals surface area contributed by atoms with Crippen molar-refractivity contribution < 1.29 is 9.53 Å². The molecule has 0 amide bonds. The molecule has 2 rings (SSSR count). The van der Waals surface area contributed by atoms with Gasteiger partial charge in [-0.1, -0.05) is 13.3 Å². The van der Waals surface area contributed by atoms with Crippen molar-refractivity contribution in [2.24, 2.45) is 16.8 Å². The van der Waals surface area contributed by atoms with Crippen LogP contribution in [0, 0.1) is 11.8 Å². The Labute approximate surface area is 176 Å². The van der Waals surface area contributed by atoms with Crippen LogP contribution in [0.15, 0.2) is 4.99 Å². The summed E-state index contributed by atoms with van der Waals surface area (Å²) in [6.07, 6.45) is 5.98. The fourth-order valence-corrected chi connectivity index (χ4v) is 3.87.